The highest BCUT2D eigenvalue weighted by molar-refractivity contribution is 7.99. The number of hydrogen-bond acceptors (Lipinski definition) is 5. The van der Waals surface area contributed by atoms with E-state index in [0.717, 1.165) is 11.3 Å². The Labute approximate surface area is 117 Å². The predicted molar refractivity (Wildman–Crippen MR) is 74.9 cm³/mol. The number of ketones is 1. The van der Waals surface area contributed by atoms with Crippen molar-refractivity contribution >= 4 is 17.5 Å². The number of aliphatic hydroxyl groups is 1. The van der Waals surface area contributed by atoms with E-state index in [1.54, 1.807) is 26.0 Å². The zero-order chi connectivity index (χ0) is 13.8. The highest BCUT2D eigenvalue weighted by Gasteiger charge is 2.31. The van der Waals surface area contributed by atoms with Crippen LogP contribution >= 0.6 is 11.8 Å². The fraction of sp³-hybridized carbons (Fsp3) is 0.500. The first-order valence-electron chi connectivity index (χ1n) is 6.16. The second-order valence-electron chi connectivity index (χ2n) is 4.55. The summed E-state index contributed by atoms with van der Waals surface area (Å²) in [4.78, 5) is 11.2. The van der Waals surface area contributed by atoms with Crippen LogP contribution in [-0.2, 0) is 10.5 Å². The Balaban J connectivity index is 1.98. The molecule has 5 heteroatoms. The standard InChI is InChI=1S/C14H18O4S/c1-17-12-4-3-9(5-13(12)18-2)8-19-14-7-10(15)6-11(14)16/h3-5,11,14,16H,6-8H2,1-2H3/t11-,14+/m0/s1. The summed E-state index contributed by atoms with van der Waals surface area (Å²) in [5.74, 6) is 2.29. The molecule has 1 fully saturated rings. The minimum atomic E-state index is -0.502. The lowest BCUT2D eigenvalue weighted by Gasteiger charge is -2.14. The summed E-state index contributed by atoms with van der Waals surface area (Å²) in [7, 11) is 3.21. The van der Waals surface area contributed by atoms with Gasteiger partial charge in [0.2, 0.25) is 0 Å². The number of rotatable bonds is 5. The molecule has 0 radical (unpaired) electrons. The second-order valence-corrected chi connectivity index (χ2v) is 5.78. The zero-order valence-corrected chi connectivity index (χ0v) is 11.9. The van der Waals surface area contributed by atoms with Crippen LogP contribution in [-0.4, -0.2) is 36.5 Å². The van der Waals surface area contributed by atoms with Crippen molar-refractivity contribution in [2.45, 2.75) is 29.9 Å². The van der Waals surface area contributed by atoms with E-state index in [1.807, 2.05) is 18.2 Å². The zero-order valence-electron chi connectivity index (χ0n) is 11.1. The van der Waals surface area contributed by atoms with E-state index >= 15 is 0 Å². The molecule has 0 aromatic heterocycles. The first kappa shape index (κ1) is 14.2. The van der Waals surface area contributed by atoms with Gasteiger partial charge in [0, 0.05) is 23.8 Å². The number of benzene rings is 1. The third kappa shape index (κ3) is 3.42. The van der Waals surface area contributed by atoms with Gasteiger partial charge < -0.3 is 14.6 Å². The molecule has 104 valence electrons. The lowest BCUT2D eigenvalue weighted by Crippen LogP contribution is -2.15. The van der Waals surface area contributed by atoms with Gasteiger partial charge in [-0.15, -0.1) is 0 Å². The Morgan fingerprint density at radius 1 is 1.26 bits per heavy atom. The number of methoxy groups -OCH3 is 2. The van der Waals surface area contributed by atoms with Crippen molar-refractivity contribution in [3.05, 3.63) is 23.8 Å². The number of aliphatic hydroxyl groups excluding tert-OH is 1. The highest BCUT2D eigenvalue weighted by atomic mass is 32.2. The average Bonchev–Trinajstić information content (AvgIpc) is 2.74. The summed E-state index contributed by atoms with van der Waals surface area (Å²) >= 11 is 1.61. The number of carbonyl (C=O) groups excluding carboxylic acids is 1. The van der Waals surface area contributed by atoms with Gasteiger partial charge in [-0.3, -0.25) is 4.79 Å². The molecule has 0 unspecified atom stereocenters. The van der Waals surface area contributed by atoms with E-state index in [1.165, 1.54) is 0 Å². The van der Waals surface area contributed by atoms with Crippen molar-refractivity contribution in [3.8, 4) is 11.5 Å². The number of carbonyl (C=O) groups is 1. The molecule has 1 saturated carbocycles. The molecule has 2 atom stereocenters. The van der Waals surface area contributed by atoms with Gasteiger partial charge in [0.05, 0.1) is 20.3 Å². The molecular formula is C14H18O4S. The first-order valence-corrected chi connectivity index (χ1v) is 7.21. The van der Waals surface area contributed by atoms with Crippen LogP contribution in [0.2, 0.25) is 0 Å². The smallest absolute Gasteiger partial charge is 0.161 e. The maximum atomic E-state index is 11.2. The number of Topliss-reactive ketones (excluding diaryl/α,β-unsaturated/α-hetero) is 1. The maximum absolute atomic E-state index is 11.2. The molecule has 1 aromatic carbocycles. The van der Waals surface area contributed by atoms with Crippen LogP contribution in [0, 0.1) is 0 Å². The Morgan fingerprint density at radius 3 is 2.58 bits per heavy atom. The van der Waals surface area contributed by atoms with Crippen LogP contribution in [0.1, 0.15) is 18.4 Å². The summed E-state index contributed by atoms with van der Waals surface area (Å²) in [6.07, 6.45) is 0.264. The molecule has 0 saturated heterocycles. The molecule has 0 heterocycles. The van der Waals surface area contributed by atoms with Crippen LogP contribution in [0.4, 0.5) is 0 Å². The quantitative estimate of drug-likeness (QED) is 0.895. The van der Waals surface area contributed by atoms with Crippen molar-refractivity contribution in [1.29, 1.82) is 0 Å². The van der Waals surface area contributed by atoms with Crippen LogP contribution in [0.5, 0.6) is 11.5 Å². The third-order valence-electron chi connectivity index (χ3n) is 3.21. The van der Waals surface area contributed by atoms with Crippen molar-refractivity contribution in [1.82, 2.24) is 0 Å². The van der Waals surface area contributed by atoms with Crippen LogP contribution in [0.25, 0.3) is 0 Å². The van der Waals surface area contributed by atoms with E-state index in [-0.39, 0.29) is 11.0 Å². The SMILES string of the molecule is COc1ccc(CS[C@@H]2CC(=O)C[C@@H]2O)cc1OC. The summed E-state index contributed by atoms with van der Waals surface area (Å²) in [6, 6.07) is 5.76. The molecule has 1 N–H and O–H groups in total. The van der Waals surface area contributed by atoms with Crippen LogP contribution in [0.3, 0.4) is 0 Å². The van der Waals surface area contributed by atoms with E-state index in [9.17, 15) is 9.90 Å². The van der Waals surface area contributed by atoms with Crippen molar-refractivity contribution in [2.24, 2.45) is 0 Å². The number of ether oxygens (including phenoxy) is 2. The van der Waals surface area contributed by atoms with Gasteiger partial charge in [0.15, 0.2) is 11.5 Å². The van der Waals surface area contributed by atoms with Gasteiger partial charge in [0.25, 0.3) is 0 Å². The molecule has 1 aliphatic rings. The topological polar surface area (TPSA) is 55.8 Å². The molecule has 0 bridgehead atoms. The van der Waals surface area contributed by atoms with Crippen molar-refractivity contribution in [2.75, 3.05) is 14.2 Å². The third-order valence-corrected chi connectivity index (χ3v) is 4.62. The lowest BCUT2D eigenvalue weighted by atomic mass is 10.2. The minimum Gasteiger partial charge on any atom is -0.493 e. The molecule has 0 spiro atoms. The maximum Gasteiger partial charge on any atom is 0.161 e. The summed E-state index contributed by atoms with van der Waals surface area (Å²) in [5, 5.41) is 9.75. The molecule has 4 nitrogen and oxygen atoms in total. The largest absolute Gasteiger partial charge is 0.493 e. The summed E-state index contributed by atoms with van der Waals surface area (Å²) in [6.45, 7) is 0. The van der Waals surface area contributed by atoms with Gasteiger partial charge in [-0.2, -0.15) is 11.8 Å². The monoisotopic (exact) mass is 282 g/mol. The first-order chi connectivity index (χ1) is 9.13. The van der Waals surface area contributed by atoms with Crippen LogP contribution < -0.4 is 9.47 Å². The average molecular weight is 282 g/mol. The highest BCUT2D eigenvalue weighted by Crippen LogP contribution is 2.33. The molecule has 19 heavy (non-hydrogen) atoms. The molecule has 2 rings (SSSR count). The Kier molecular flexibility index (Phi) is 4.71. The van der Waals surface area contributed by atoms with Crippen LogP contribution in [0.15, 0.2) is 18.2 Å². The summed E-state index contributed by atoms with van der Waals surface area (Å²) < 4.78 is 10.4. The van der Waals surface area contributed by atoms with Gasteiger partial charge in [-0.1, -0.05) is 6.07 Å². The molecule has 0 aliphatic heterocycles. The molecular weight excluding hydrogens is 264 g/mol. The minimum absolute atomic E-state index is 0.0144. The Morgan fingerprint density at radius 2 is 2.00 bits per heavy atom. The Hall–Kier alpha value is -1.20. The molecule has 1 aliphatic carbocycles. The second kappa shape index (κ2) is 6.30. The van der Waals surface area contributed by atoms with E-state index in [2.05, 4.69) is 0 Å². The molecule has 1 aromatic rings. The van der Waals surface area contributed by atoms with Gasteiger partial charge >= 0.3 is 0 Å². The fourth-order valence-electron chi connectivity index (χ4n) is 2.15. The van der Waals surface area contributed by atoms with E-state index < -0.39 is 6.10 Å². The summed E-state index contributed by atoms with van der Waals surface area (Å²) in [5.41, 5.74) is 1.09. The normalized spacial score (nSPS) is 22.6. The van der Waals surface area contributed by atoms with E-state index in [4.69, 9.17) is 9.47 Å². The fourth-order valence-corrected chi connectivity index (χ4v) is 3.36. The van der Waals surface area contributed by atoms with Crippen molar-refractivity contribution < 1.29 is 19.4 Å². The van der Waals surface area contributed by atoms with Gasteiger partial charge in [-0.05, 0) is 17.7 Å². The number of hydrogen-bond donors (Lipinski definition) is 1. The predicted octanol–water partition coefficient (Wildman–Crippen LogP) is 2.03. The van der Waals surface area contributed by atoms with Gasteiger partial charge in [0.1, 0.15) is 5.78 Å². The Bertz CT molecular complexity index is 461. The molecule has 0 amide bonds. The van der Waals surface area contributed by atoms with E-state index in [0.29, 0.717) is 24.3 Å². The van der Waals surface area contributed by atoms with Gasteiger partial charge in [-0.25, -0.2) is 0 Å². The van der Waals surface area contributed by atoms with Crippen molar-refractivity contribution in [3.63, 3.8) is 0 Å². The lowest BCUT2D eigenvalue weighted by molar-refractivity contribution is -0.117. The number of thioether (sulfide) groups is 1.